The maximum Gasteiger partial charge on any atom is 0.242 e. The van der Waals surface area contributed by atoms with Crippen molar-refractivity contribution in [3.8, 4) is 5.75 Å². The average Bonchev–Trinajstić information content (AvgIpc) is 2.72. The second-order valence-electron chi connectivity index (χ2n) is 5.38. The first-order chi connectivity index (χ1) is 10.6. The molecule has 0 aliphatic carbocycles. The third kappa shape index (κ3) is 4.44. The molecule has 0 radical (unpaired) electrons. The Hall–Kier alpha value is -2.11. The Bertz CT molecular complexity index is 548. The minimum atomic E-state index is -0.456. The third-order valence-corrected chi connectivity index (χ3v) is 3.73. The molecule has 22 heavy (non-hydrogen) atoms. The number of nitrogens with one attached hydrogen (secondary N) is 2. The lowest BCUT2D eigenvalue weighted by molar-refractivity contribution is -0.128. The zero-order valence-corrected chi connectivity index (χ0v) is 12.7. The number of halogens is 1. The van der Waals surface area contributed by atoms with Gasteiger partial charge in [0.15, 0.2) is 11.6 Å². The van der Waals surface area contributed by atoms with Gasteiger partial charge in [0.25, 0.3) is 0 Å². The second kappa shape index (κ2) is 7.77. The molecule has 1 fully saturated rings. The molecule has 0 bridgehead atoms. The quantitative estimate of drug-likeness (QED) is 0.867. The Morgan fingerprint density at radius 2 is 2.27 bits per heavy atom. The van der Waals surface area contributed by atoms with Crippen LogP contribution in [0.4, 0.5) is 4.39 Å². The van der Waals surface area contributed by atoms with E-state index in [1.54, 1.807) is 12.1 Å². The lowest BCUT2D eigenvalue weighted by Gasteiger charge is -2.15. The van der Waals surface area contributed by atoms with Crippen LogP contribution in [-0.2, 0) is 16.0 Å². The Morgan fingerprint density at radius 3 is 3.00 bits per heavy atom. The summed E-state index contributed by atoms with van der Waals surface area (Å²) in [6.45, 7) is 0.400. The van der Waals surface area contributed by atoms with E-state index in [1.807, 2.05) is 0 Å². The molecule has 5 nitrogen and oxygen atoms in total. The van der Waals surface area contributed by atoms with Crippen LogP contribution in [0.2, 0.25) is 0 Å². The number of carbonyl (C=O) groups is 2. The van der Waals surface area contributed by atoms with E-state index < -0.39 is 11.9 Å². The van der Waals surface area contributed by atoms with E-state index in [-0.39, 0.29) is 17.6 Å². The van der Waals surface area contributed by atoms with Gasteiger partial charge in [0.05, 0.1) is 7.11 Å². The Kier molecular flexibility index (Phi) is 5.75. The molecular weight excluding hydrogens is 287 g/mol. The summed E-state index contributed by atoms with van der Waals surface area (Å²) in [5.41, 5.74) is 0.781. The Balaban J connectivity index is 1.81. The van der Waals surface area contributed by atoms with Crippen LogP contribution >= 0.6 is 0 Å². The molecule has 1 aromatic rings. The van der Waals surface area contributed by atoms with Gasteiger partial charge in [-0.25, -0.2) is 4.39 Å². The van der Waals surface area contributed by atoms with Crippen LogP contribution in [-0.4, -0.2) is 31.5 Å². The Labute approximate surface area is 129 Å². The molecule has 1 aliphatic rings. The number of hydrogen-bond donors (Lipinski definition) is 2. The van der Waals surface area contributed by atoms with Crippen LogP contribution in [0, 0.1) is 5.82 Å². The van der Waals surface area contributed by atoms with Gasteiger partial charge in [0.1, 0.15) is 6.04 Å². The number of rotatable bonds is 5. The van der Waals surface area contributed by atoms with Gasteiger partial charge in [-0.3, -0.25) is 9.59 Å². The summed E-state index contributed by atoms with van der Waals surface area (Å²) >= 11 is 0. The first-order valence-electron chi connectivity index (χ1n) is 7.49. The molecule has 1 aromatic carbocycles. The highest BCUT2D eigenvalue weighted by atomic mass is 19.1. The predicted molar refractivity (Wildman–Crippen MR) is 80.1 cm³/mol. The van der Waals surface area contributed by atoms with Gasteiger partial charge in [0.2, 0.25) is 11.8 Å². The van der Waals surface area contributed by atoms with E-state index in [4.69, 9.17) is 4.74 Å². The molecule has 1 aliphatic heterocycles. The fourth-order valence-corrected chi connectivity index (χ4v) is 2.49. The number of ether oxygens (including phenoxy) is 1. The first kappa shape index (κ1) is 16.3. The van der Waals surface area contributed by atoms with Gasteiger partial charge in [-0.1, -0.05) is 12.5 Å². The summed E-state index contributed by atoms with van der Waals surface area (Å²) in [4.78, 5) is 23.5. The predicted octanol–water partition coefficient (Wildman–Crippen LogP) is 1.55. The molecule has 2 rings (SSSR count). The molecule has 2 N–H and O–H groups in total. The van der Waals surface area contributed by atoms with Crippen molar-refractivity contribution in [3.63, 3.8) is 0 Å². The fourth-order valence-electron chi connectivity index (χ4n) is 2.49. The SMILES string of the molecule is COc1ccc(CCNC(=O)C2CCCCC(=O)N2)cc1F. The fraction of sp³-hybridized carbons (Fsp3) is 0.500. The van der Waals surface area contributed by atoms with Gasteiger partial charge in [-0.2, -0.15) is 0 Å². The molecule has 120 valence electrons. The molecule has 1 atom stereocenters. The lowest BCUT2D eigenvalue weighted by atomic mass is 10.1. The summed E-state index contributed by atoms with van der Waals surface area (Å²) in [5, 5.41) is 5.51. The van der Waals surface area contributed by atoms with E-state index in [0.29, 0.717) is 25.8 Å². The van der Waals surface area contributed by atoms with E-state index in [2.05, 4.69) is 10.6 Å². The molecule has 0 aromatic heterocycles. The molecule has 2 amide bonds. The van der Waals surface area contributed by atoms with Crippen LogP contribution in [0.15, 0.2) is 18.2 Å². The van der Waals surface area contributed by atoms with Gasteiger partial charge >= 0.3 is 0 Å². The number of amides is 2. The molecular formula is C16H21FN2O3. The van der Waals surface area contributed by atoms with Crippen molar-refractivity contribution in [2.24, 2.45) is 0 Å². The summed E-state index contributed by atoms with van der Waals surface area (Å²) < 4.78 is 18.4. The number of hydrogen-bond acceptors (Lipinski definition) is 3. The Morgan fingerprint density at radius 1 is 1.45 bits per heavy atom. The van der Waals surface area contributed by atoms with Crippen LogP contribution in [0.5, 0.6) is 5.75 Å². The standard InChI is InChI=1S/C16H21FN2O3/c1-22-14-7-6-11(10-12(14)17)8-9-18-16(21)13-4-2-3-5-15(20)19-13/h6-7,10,13H,2-5,8-9H2,1H3,(H,18,21)(H,19,20). The molecule has 1 unspecified atom stereocenters. The highest BCUT2D eigenvalue weighted by Crippen LogP contribution is 2.17. The zero-order valence-electron chi connectivity index (χ0n) is 12.7. The monoisotopic (exact) mass is 308 g/mol. The first-order valence-corrected chi connectivity index (χ1v) is 7.49. The van der Waals surface area contributed by atoms with Crippen LogP contribution < -0.4 is 15.4 Å². The minimum absolute atomic E-state index is 0.0742. The summed E-state index contributed by atoms with van der Waals surface area (Å²) in [6, 6.07) is 4.28. The van der Waals surface area contributed by atoms with Crippen molar-refractivity contribution in [1.82, 2.24) is 10.6 Å². The molecule has 1 heterocycles. The maximum absolute atomic E-state index is 13.6. The van der Waals surface area contributed by atoms with Crippen LogP contribution in [0.25, 0.3) is 0 Å². The largest absolute Gasteiger partial charge is 0.494 e. The van der Waals surface area contributed by atoms with E-state index in [0.717, 1.165) is 18.4 Å². The molecule has 1 saturated heterocycles. The van der Waals surface area contributed by atoms with E-state index in [9.17, 15) is 14.0 Å². The van der Waals surface area contributed by atoms with E-state index in [1.165, 1.54) is 13.2 Å². The van der Waals surface area contributed by atoms with E-state index >= 15 is 0 Å². The summed E-state index contributed by atoms with van der Waals surface area (Å²) in [5.74, 6) is -0.463. The number of carbonyl (C=O) groups excluding carboxylic acids is 2. The number of methoxy groups -OCH3 is 1. The smallest absolute Gasteiger partial charge is 0.242 e. The van der Waals surface area contributed by atoms with Crippen LogP contribution in [0.1, 0.15) is 31.2 Å². The number of benzene rings is 1. The topological polar surface area (TPSA) is 67.4 Å². The summed E-state index contributed by atoms with van der Waals surface area (Å²) in [7, 11) is 1.42. The molecule has 6 heteroatoms. The third-order valence-electron chi connectivity index (χ3n) is 3.73. The van der Waals surface area contributed by atoms with Crippen molar-refractivity contribution in [2.45, 2.75) is 38.1 Å². The highest BCUT2D eigenvalue weighted by molar-refractivity contribution is 5.87. The maximum atomic E-state index is 13.6. The van der Waals surface area contributed by atoms with Gasteiger partial charge in [-0.05, 0) is 37.0 Å². The van der Waals surface area contributed by atoms with Gasteiger partial charge < -0.3 is 15.4 Å². The average molecular weight is 308 g/mol. The van der Waals surface area contributed by atoms with Gasteiger partial charge in [-0.15, -0.1) is 0 Å². The highest BCUT2D eigenvalue weighted by Gasteiger charge is 2.22. The van der Waals surface area contributed by atoms with Crippen molar-refractivity contribution in [1.29, 1.82) is 0 Å². The van der Waals surface area contributed by atoms with Crippen molar-refractivity contribution >= 4 is 11.8 Å². The van der Waals surface area contributed by atoms with Crippen molar-refractivity contribution < 1.29 is 18.7 Å². The molecule has 0 spiro atoms. The lowest BCUT2D eigenvalue weighted by Crippen LogP contribution is -2.46. The second-order valence-corrected chi connectivity index (χ2v) is 5.38. The minimum Gasteiger partial charge on any atom is -0.494 e. The van der Waals surface area contributed by atoms with Gasteiger partial charge in [0, 0.05) is 13.0 Å². The van der Waals surface area contributed by atoms with Crippen LogP contribution in [0.3, 0.4) is 0 Å². The zero-order chi connectivity index (χ0) is 15.9. The van der Waals surface area contributed by atoms with Crippen molar-refractivity contribution in [3.05, 3.63) is 29.6 Å². The molecule has 0 saturated carbocycles. The van der Waals surface area contributed by atoms with Crippen molar-refractivity contribution in [2.75, 3.05) is 13.7 Å². The summed E-state index contributed by atoms with van der Waals surface area (Å²) in [6.07, 6.45) is 3.35. The normalized spacial score (nSPS) is 18.3.